The van der Waals surface area contributed by atoms with Crippen LogP contribution >= 0.6 is 0 Å². The van der Waals surface area contributed by atoms with Crippen molar-refractivity contribution in [3.8, 4) is 0 Å². The van der Waals surface area contributed by atoms with E-state index >= 15 is 0 Å². The number of hydrogen-bond acceptors (Lipinski definition) is 3. The average molecular weight is 228 g/mol. The van der Waals surface area contributed by atoms with Crippen molar-refractivity contribution in [1.82, 2.24) is 10.6 Å². The fourth-order valence-electron chi connectivity index (χ4n) is 3.02. The van der Waals surface area contributed by atoms with Crippen LogP contribution in [-0.2, 0) is 0 Å². The van der Waals surface area contributed by atoms with Crippen molar-refractivity contribution in [3.05, 3.63) is 0 Å². The Bertz CT molecular complexity index is 230. The van der Waals surface area contributed by atoms with Crippen molar-refractivity contribution in [2.24, 2.45) is 0 Å². The number of nitrogens with one attached hydrogen (secondary N) is 2. The van der Waals surface area contributed by atoms with Crippen LogP contribution in [0.5, 0.6) is 0 Å². The SMILES string of the molecule is CC(C)(CO)NC1CC(C)(C)NC(C)(C)C1. The summed E-state index contributed by atoms with van der Waals surface area (Å²) in [6.45, 7) is 13.3. The average Bonchev–Trinajstić information content (AvgIpc) is 1.96. The molecule has 96 valence electrons. The summed E-state index contributed by atoms with van der Waals surface area (Å²) in [6.07, 6.45) is 2.19. The summed E-state index contributed by atoms with van der Waals surface area (Å²) in [6, 6.07) is 0.466. The number of aliphatic hydroxyl groups excluding tert-OH is 1. The Balaban J connectivity index is 2.68. The van der Waals surface area contributed by atoms with Gasteiger partial charge in [-0.3, -0.25) is 0 Å². The molecule has 1 saturated heterocycles. The lowest BCUT2D eigenvalue weighted by molar-refractivity contribution is 0.107. The van der Waals surface area contributed by atoms with Gasteiger partial charge in [-0.05, 0) is 54.4 Å². The fraction of sp³-hybridized carbons (Fsp3) is 1.00. The molecule has 1 heterocycles. The van der Waals surface area contributed by atoms with Gasteiger partial charge in [-0.25, -0.2) is 0 Å². The van der Waals surface area contributed by atoms with Crippen LogP contribution in [-0.4, -0.2) is 34.4 Å². The third-order valence-electron chi connectivity index (χ3n) is 3.18. The van der Waals surface area contributed by atoms with Crippen molar-refractivity contribution >= 4 is 0 Å². The predicted molar refractivity (Wildman–Crippen MR) is 68.6 cm³/mol. The Morgan fingerprint density at radius 2 is 1.62 bits per heavy atom. The largest absolute Gasteiger partial charge is 0.394 e. The minimum absolute atomic E-state index is 0.158. The zero-order chi connectivity index (χ0) is 12.6. The zero-order valence-corrected chi connectivity index (χ0v) is 11.6. The molecule has 0 spiro atoms. The van der Waals surface area contributed by atoms with E-state index in [1.54, 1.807) is 0 Å². The second-order valence-electron chi connectivity index (χ2n) is 7.18. The molecule has 0 aromatic rings. The molecule has 3 nitrogen and oxygen atoms in total. The normalized spacial score (nSPS) is 25.7. The first kappa shape index (κ1) is 13.9. The van der Waals surface area contributed by atoms with E-state index in [-0.39, 0.29) is 23.2 Å². The van der Waals surface area contributed by atoms with E-state index in [1.165, 1.54) is 0 Å². The lowest BCUT2D eigenvalue weighted by atomic mass is 9.79. The maximum atomic E-state index is 9.31. The van der Waals surface area contributed by atoms with E-state index in [2.05, 4.69) is 52.2 Å². The van der Waals surface area contributed by atoms with Crippen LogP contribution in [0.25, 0.3) is 0 Å². The minimum atomic E-state index is -0.186. The molecule has 1 aliphatic rings. The summed E-state index contributed by atoms with van der Waals surface area (Å²) >= 11 is 0. The Morgan fingerprint density at radius 1 is 1.19 bits per heavy atom. The molecule has 0 unspecified atom stereocenters. The molecule has 1 fully saturated rings. The Labute approximate surface area is 100 Å². The third-order valence-corrected chi connectivity index (χ3v) is 3.18. The summed E-state index contributed by atoms with van der Waals surface area (Å²) in [5.74, 6) is 0. The fourth-order valence-corrected chi connectivity index (χ4v) is 3.02. The molecule has 16 heavy (non-hydrogen) atoms. The summed E-state index contributed by atoms with van der Waals surface area (Å²) in [4.78, 5) is 0. The first-order chi connectivity index (χ1) is 7.05. The first-order valence-corrected chi connectivity index (χ1v) is 6.23. The van der Waals surface area contributed by atoms with Crippen LogP contribution in [0.1, 0.15) is 54.4 Å². The second-order valence-corrected chi connectivity index (χ2v) is 7.18. The molecule has 0 aromatic heterocycles. The number of hydrogen-bond donors (Lipinski definition) is 3. The highest BCUT2D eigenvalue weighted by Gasteiger charge is 2.38. The van der Waals surface area contributed by atoms with Gasteiger partial charge >= 0.3 is 0 Å². The first-order valence-electron chi connectivity index (χ1n) is 6.23. The van der Waals surface area contributed by atoms with Gasteiger partial charge in [0.25, 0.3) is 0 Å². The molecule has 3 heteroatoms. The molecule has 0 bridgehead atoms. The highest BCUT2D eigenvalue weighted by molar-refractivity contribution is 5.01. The molecule has 0 aromatic carbocycles. The molecule has 3 N–H and O–H groups in total. The van der Waals surface area contributed by atoms with E-state index in [9.17, 15) is 5.11 Å². The standard InChI is InChI=1S/C13H28N2O/c1-11(2)7-10(8-12(3,4)15-11)14-13(5,6)9-16/h10,14-16H,7-9H2,1-6H3. The van der Waals surface area contributed by atoms with Gasteiger partial charge in [0.15, 0.2) is 0 Å². The molecule has 1 aliphatic heterocycles. The van der Waals surface area contributed by atoms with Crippen molar-refractivity contribution < 1.29 is 5.11 Å². The van der Waals surface area contributed by atoms with Gasteiger partial charge in [0.2, 0.25) is 0 Å². The molecule has 0 amide bonds. The monoisotopic (exact) mass is 228 g/mol. The highest BCUT2D eigenvalue weighted by atomic mass is 16.3. The quantitative estimate of drug-likeness (QED) is 0.688. The van der Waals surface area contributed by atoms with Crippen molar-refractivity contribution in [2.45, 2.75) is 77.0 Å². The maximum Gasteiger partial charge on any atom is 0.0607 e. The Morgan fingerprint density at radius 3 is 2.00 bits per heavy atom. The van der Waals surface area contributed by atoms with Crippen LogP contribution in [0.3, 0.4) is 0 Å². The van der Waals surface area contributed by atoms with Gasteiger partial charge in [0.1, 0.15) is 0 Å². The Hall–Kier alpha value is -0.120. The number of aliphatic hydroxyl groups is 1. The van der Waals surface area contributed by atoms with E-state index in [1.807, 2.05) is 0 Å². The third kappa shape index (κ3) is 4.04. The van der Waals surface area contributed by atoms with Gasteiger partial charge < -0.3 is 15.7 Å². The zero-order valence-electron chi connectivity index (χ0n) is 11.6. The van der Waals surface area contributed by atoms with Crippen molar-refractivity contribution in [2.75, 3.05) is 6.61 Å². The van der Waals surface area contributed by atoms with Gasteiger partial charge in [0, 0.05) is 22.7 Å². The Kier molecular flexibility index (Phi) is 3.73. The predicted octanol–water partition coefficient (Wildman–Crippen LogP) is 1.66. The number of rotatable bonds is 3. The van der Waals surface area contributed by atoms with Crippen LogP contribution in [0.4, 0.5) is 0 Å². The summed E-state index contributed by atoms with van der Waals surface area (Å²) in [7, 11) is 0. The van der Waals surface area contributed by atoms with Crippen molar-refractivity contribution in [1.29, 1.82) is 0 Å². The summed E-state index contributed by atoms with van der Waals surface area (Å²) in [5.41, 5.74) is 0.129. The second kappa shape index (κ2) is 4.28. The lowest BCUT2D eigenvalue weighted by Gasteiger charge is -2.48. The summed E-state index contributed by atoms with van der Waals surface area (Å²) < 4.78 is 0. The van der Waals surface area contributed by atoms with Crippen molar-refractivity contribution in [3.63, 3.8) is 0 Å². The van der Waals surface area contributed by atoms with Crippen LogP contribution in [0.15, 0.2) is 0 Å². The molecule has 0 saturated carbocycles. The van der Waals surface area contributed by atoms with Crippen LogP contribution < -0.4 is 10.6 Å². The molecule has 1 rings (SSSR count). The van der Waals surface area contributed by atoms with Gasteiger partial charge in [-0.1, -0.05) is 0 Å². The highest BCUT2D eigenvalue weighted by Crippen LogP contribution is 2.29. The van der Waals surface area contributed by atoms with E-state index in [0.717, 1.165) is 12.8 Å². The molecule has 0 aliphatic carbocycles. The smallest absolute Gasteiger partial charge is 0.0607 e. The summed E-state index contributed by atoms with van der Waals surface area (Å²) in [5, 5.41) is 16.5. The minimum Gasteiger partial charge on any atom is -0.394 e. The van der Waals surface area contributed by atoms with Crippen LogP contribution in [0, 0.1) is 0 Å². The van der Waals surface area contributed by atoms with Gasteiger partial charge in [-0.15, -0.1) is 0 Å². The molecule has 0 radical (unpaired) electrons. The topological polar surface area (TPSA) is 44.3 Å². The molecule has 0 atom stereocenters. The molecular formula is C13H28N2O. The van der Waals surface area contributed by atoms with E-state index < -0.39 is 0 Å². The molecular weight excluding hydrogens is 200 g/mol. The van der Waals surface area contributed by atoms with E-state index in [0.29, 0.717) is 6.04 Å². The van der Waals surface area contributed by atoms with E-state index in [4.69, 9.17) is 0 Å². The lowest BCUT2D eigenvalue weighted by Crippen LogP contribution is -2.64. The maximum absolute atomic E-state index is 9.31. The van der Waals surface area contributed by atoms with Gasteiger partial charge in [-0.2, -0.15) is 0 Å². The van der Waals surface area contributed by atoms with Gasteiger partial charge in [0.05, 0.1) is 6.61 Å². The number of piperidine rings is 1. The van der Waals surface area contributed by atoms with Crippen LogP contribution in [0.2, 0.25) is 0 Å².